The number of carbonyl (C=O) groups excluding carboxylic acids is 1. The Labute approximate surface area is 121 Å². The fourth-order valence-electron chi connectivity index (χ4n) is 2.73. The van der Waals surface area contributed by atoms with E-state index >= 15 is 0 Å². The maximum atomic E-state index is 11.7. The summed E-state index contributed by atoms with van der Waals surface area (Å²) in [6, 6.07) is 0.409. The highest BCUT2D eigenvalue weighted by Gasteiger charge is 2.34. The first-order chi connectivity index (χ1) is 9.46. The van der Waals surface area contributed by atoms with Gasteiger partial charge in [0.15, 0.2) is 0 Å². The molecule has 0 spiro atoms. The molecule has 2 saturated heterocycles. The minimum atomic E-state index is -0.450. The zero-order valence-corrected chi connectivity index (χ0v) is 12.8. The monoisotopic (exact) mass is 285 g/mol. The zero-order valence-electron chi connectivity index (χ0n) is 12.8. The lowest BCUT2D eigenvalue weighted by Gasteiger charge is -2.35. The Balaban J connectivity index is 1.77. The summed E-state index contributed by atoms with van der Waals surface area (Å²) in [6.07, 6.45) is -0.344. The van der Waals surface area contributed by atoms with Crippen LogP contribution in [0.15, 0.2) is 0 Å². The Morgan fingerprint density at radius 2 is 2.05 bits per heavy atom. The largest absolute Gasteiger partial charge is 0.444 e. The van der Waals surface area contributed by atoms with Crippen LogP contribution in [0.25, 0.3) is 0 Å². The van der Waals surface area contributed by atoms with Crippen molar-refractivity contribution in [3.63, 3.8) is 0 Å². The molecule has 2 heterocycles. The summed E-state index contributed by atoms with van der Waals surface area (Å²) >= 11 is 0. The van der Waals surface area contributed by atoms with Crippen molar-refractivity contribution in [3.05, 3.63) is 0 Å². The second kappa shape index (κ2) is 6.74. The van der Waals surface area contributed by atoms with Gasteiger partial charge < -0.3 is 20.1 Å². The summed E-state index contributed by atoms with van der Waals surface area (Å²) < 4.78 is 10.9. The molecule has 1 amide bonds. The number of hydrogen-bond acceptors (Lipinski definition) is 5. The minimum absolute atomic E-state index is 0.344. The molecule has 0 aromatic rings. The van der Waals surface area contributed by atoms with Gasteiger partial charge in [0, 0.05) is 44.7 Å². The fraction of sp³-hybridized carbons (Fsp3) is 0.929. The van der Waals surface area contributed by atoms with Crippen molar-refractivity contribution in [1.29, 1.82) is 0 Å². The average Bonchev–Trinajstić information content (AvgIpc) is 2.83. The standard InChI is InChI=1S/C14H27N3O3/c1-14(2,3)20-13(18)16-8-11-9-19-10-12(11)17-6-4-15-5-7-17/h11-12,15H,4-10H2,1-3H3,(H,16,18)/t11-,12-/m1/s1. The first kappa shape index (κ1) is 15.5. The predicted octanol–water partition coefficient (Wildman–Crippen LogP) is 0.431. The van der Waals surface area contributed by atoms with Crippen molar-refractivity contribution >= 4 is 6.09 Å². The number of nitrogens with zero attached hydrogens (tertiary/aromatic N) is 1. The van der Waals surface area contributed by atoms with Gasteiger partial charge in [-0.3, -0.25) is 4.90 Å². The quantitative estimate of drug-likeness (QED) is 0.787. The Kier molecular flexibility index (Phi) is 5.23. The molecule has 20 heavy (non-hydrogen) atoms. The highest BCUT2D eigenvalue weighted by Crippen LogP contribution is 2.19. The van der Waals surface area contributed by atoms with E-state index in [1.54, 1.807) is 0 Å². The molecular formula is C14H27N3O3. The van der Waals surface area contributed by atoms with E-state index in [4.69, 9.17) is 9.47 Å². The van der Waals surface area contributed by atoms with Crippen LogP contribution in [0.2, 0.25) is 0 Å². The van der Waals surface area contributed by atoms with Crippen LogP contribution < -0.4 is 10.6 Å². The van der Waals surface area contributed by atoms with Crippen LogP contribution in [0, 0.1) is 5.92 Å². The summed E-state index contributed by atoms with van der Waals surface area (Å²) in [4.78, 5) is 14.2. The lowest BCUT2D eigenvalue weighted by atomic mass is 10.0. The van der Waals surface area contributed by atoms with E-state index in [9.17, 15) is 4.79 Å². The molecule has 0 bridgehead atoms. The normalized spacial score (nSPS) is 28.4. The summed E-state index contributed by atoms with van der Waals surface area (Å²) in [5.41, 5.74) is -0.450. The molecule has 0 saturated carbocycles. The van der Waals surface area contributed by atoms with Gasteiger partial charge in [-0.1, -0.05) is 0 Å². The van der Waals surface area contributed by atoms with Crippen molar-refractivity contribution in [1.82, 2.24) is 15.5 Å². The molecule has 116 valence electrons. The molecule has 6 heteroatoms. The number of rotatable bonds is 3. The number of nitrogens with one attached hydrogen (secondary N) is 2. The number of ether oxygens (including phenoxy) is 2. The topological polar surface area (TPSA) is 62.8 Å². The van der Waals surface area contributed by atoms with Gasteiger partial charge in [0.05, 0.1) is 13.2 Å². The van der Waals surface area contributed by atoms with Crippen molar-refractivity contribution in [2.75, 3.05) is 45.9 Å². The summed E-state index contributed by atoms with van der Waals surface area (Å²) in [5.74, 6) is 0.348. The maximum absolute atomic E-state index is 11.7. The third kappa shape index (κ3) is 4.61. The Morgan fingerprint density at radius 1 is 1.35 bits per heavy atom. The van der Waals surface area contributed by atoms with Crippen molar-refractivity contribution in [2.24, 2.45) is 5.92 Å². The van der Waals surface area contributed by atoms with E-state index in [-0.39, 0.29) is 6.09 Å². The van der Waals surface area contributed by atoms with E-state index < -0.39 is 5.60 Å². The SMILES string of the molecule is CC(C)(C)OC(=O)NC[C@@H]1COC[C@H]1N1CCNCC1. The lowest BCUT2D eigenvalue weighted by molar-refractivity contribution is 0.0509. The maximum Gasteiger partial charge on any atom is 0.407 e. The fourth-order valence-corrected chi connectivity index (χ4v) is 2.73. The van der Waals surface area contributed by atoms with Crippen LogP contribution in [0.1, 0.15) is 20.8 Å². The van der Waals surface area contributed by atoms with Gasteiger partial charge in [0.1, 0.15) is 5.60 Å². The van der Waals surface area contributed by atoms with Gasteiger partial charge in [0.25, 0.3) is 0 Å². The molecule has 2 atom stereocenters. The molecule has 0 aromatic carbocycles. The summed E-state index contributed by atoms with van der Waals surface area (Å²) in [6.45, 7) is 11.9. The second-order valence-electron chi connectivity index (χ2n) is 6.53. The molecule has 6 nitrogen and oxygen atoms in total. The van der Waals surface area contributed by atoms with Crippen molar-refractivity contribution in [2.45, 2.75) is 32.4 Å². The van der Waals surface area contributed by atoms with E-state index in [1.807, 2.05) is 20.8 Å². The molecule has 0 unspecified atom stereocenters. The van der Waals surface area contributed by atoms with Crippen LogP contribution in [0.3, 0.4) is 0 Å². The third-order valence-electron chi connectivity index (χ3n) is 3.69. The predicted molar refractivity (Wildman–Crippen MR) is 76.8 cm³/mol. The van der Waals surface area contributed by atoms with Gasteiger partial charge in [-0.05, 0) is 20.8 Å². The van der Waals surface area contributed by atoms with Gasteiger partial charge in [-0.15, -0.1) is 0 Å². The smallest absolute Gasteiger partial charge is 0.407 e. The number of piperazine rings is 1. The highest BCUT2D eigenvalue weighted by molar-refractivity contribution is 5.67. The van der Waals surface area contributed by atoms with Gasteiger partial charge >= 0.3 is 6.09 Å². The van der Waals surface area contributed by atoms with Crippen molar-refractivity contribution in [3.8, 4) is 0 Å². The second-order valence-corrected chi connectivity index (χ2v) is 6.53. The Bertz CT molecular complexity index is 324. The number of carbonyl (C=O) groups is 1. The van der Waals surface area contributed by atoms with Gasteiger partial charge in [-0.25, -0.2) is 4.79 Å². The van der Waals surface area contributed by atoms with E-state index in [0.717, 1.165) is 32.8 Å². The average molecular weight is 285 g/mol. The van der Waals surface area contributed by atoms with Crippen LogP contribution in [0.5, 0.6) is 0 Å². The lowest BCUT2D eigenvalue weighted by Crippen LogP contribution is -2.52. The molecule has 0 radical (unpaired) electrons. The molecule has 2 rings (SSSR count). The molecular weight excluding hydrogens is 258 g/mol. The number of hydrogen-bond donors (Lipinski definition) is 2. The minimum Gasteiger partial charge on any atom is -0.444 e. The van der Waals surface area contributed by atoms with E-state index in [2.05, 4.69) is 15.5 Å². The summed E-state index contributed by atoms with van der Waals surface area (Å²) in [7, 11) is 0. The van der Waals surface area contributed by atoms with Crippen LogP contribution in [-0.2, 0) is 9.47 Å². The van der Waals surface area contributed by atoms with Crippen molar-refractivity contribution < 1.29 is 14.3 Å². The highest BCUT2D eigenvalue weighted by atomic mass is 16.6. The Hall–Kier alpha value is -0.850. The van der Waals surface area contributed by atoms with Crippen LogP contribution >= 0.6 is 0 Å². The summed E-state index contributed by atoms with van der Waals surface area (Å²) in [5, 5.41) is 6.22. The molecule has 2 aliphatic heterocycles. The molecule has 2 N–H and O–H groups in total. The number of alkyl carbamates (subject to hydrolysis) is 1. The van der Waals surface area contributed by atoms with E-state index in [1.165, 1.54) is 0 Å². The molecule has 2 aliphatic rings. The molecule has 0 aliphatic carbocycles. The molecule has 0 aromatic heterocycles. The van der Waals surface area contributed by atoms with Crippen LogP contribution in [-0.4, -0.2) is 68.6 Å². The number of amides is 1. The zero-order chi connectivity index (χ0) is 14.6. The first-order valence-corrected chi connectivity index (χ1v) is 7.45. The Morgan fingerprint density at radius 3 is 2.70 bits per heavy atom. The first-order valence-electron chi connectivity index (χ1n) is 7.45. The molecule has 2 fully saturated rings. The van der Waals surface area contributed by atoms with Gasteiger partial charge in [0.2, 0.25) is 0 Å². The van der Waals surface area contributed by atoms with Gasteiger partial charge in [-0.2, -0.15) is 0 Å². The third-order valence-corrected chi connectivity index (χ3v) is 3.69. The van der Waals surface area contributed by atoms with Crippen LogP contribution in [0.4, 0.5) is 4.79 Å². The van der Waals surface area contributed by atoms with E-state index in [0.29, 0.717) is 25.1 Å².